The Bertz CT molecular complexity index is 491. The summed E-state index contributed by atoms with van der Waals surface area (Å²) >= 11 is 0. The molecule has 2 N–H and O–H groups in total. The van der Waals surface area contributed by atoms with E-state index in [9.17, 15) is 5.11 Å². The monoisotopic (exact) mass is 318 g/mol. The highest BCUT2D eigenvalue weighted by Crippen LogP contribution is 2.25. The first-order valence-electron chi connectivity index (χ1n) is 8.90. The minimum absolute atomic E-state index is 0.154. The predicted octanol–water partition coefficient (Wildman–Crippen LogP) is 3.34. The van der Waals surface area contributed by atoms with Gasteiger partial charge in [0.1, 0.15) is 0 Å². The van der Waals surface area contributed by atoms with E-state index in [0.29, 0.717) is 24.5 Å². The molecule has 1 aromatic rings. The molecule has 1 aromatic carbocycles. The zero-order chi connectivity index (χ0) is 17.2. The summed E-state index contributed by atoms with van der Waals surface area (Å²) in [5, 5.41) is 14.1. The molecule has 0 radical (unpaired) electrons. The van der Waals surface area contributed by atoms with Gasteiger partial charge in [0.15, 0.2) is 0 Å². The molecule has 0 bridgehead atoms. The maximum Gasteiger partial charge on any atom is 0.0914 e. The van der Waals surface area contributed by atoms with Crippen LogP contribution in [0, 0.1) is 5.92 Å². The Balaban J connectivity index is 1.90. The molecule has 0 aliphatic carbocycles. The highest BCUT2D eigenvalue weighted by Gasteiger charge is 2.28. The summed E-state index contributed by atoms with van der Waals surface area (Å²) in [5.41, 5.74) is 2.46. The lowest BCUT2D eigenvalue weighted by molar-refractivity contribution is 0.106. The number of benzene rings is 1. The molecule has 1 saturated heterocycles. The number of nitrogens with one attached hydrogen (secondary N) is 1. The van der Waals surface area contributed by atoms with Gasteiger partial charge in [-0.05, 0) is 42.9 Å². The molecular weight excluding hydrogens is 284 g/mol. The van der Waals surface area contributed by atoms with E-state index in [1.54, 1.807) is 0 Å². The fourth-order valence-corrected chi connectivity index (χ4v) is 3.41. The van der Waals surface area contributed by atoms with Gasteiger partial charge in [-0.25, -0.2) is 0 Å². The number of piperidine rings is 1. The summed E-state index contributed by atoms with van der Waals surface area (Å²) in [6, 6.07) is 9.50. The first kappa shape index (κ1) is 18.4. The third-order valence-corrected chi connectivity index (χ3v) is 5.35. The highest BCUT2D eigenvalue weighted by molar-refractivity contribution is 5.28. The maximum atomic E-state index is 10.5. The smallest absolute Gasteiger partial charge is 0.0914 e. The van der Waals surface area contributed by atoms with Crippen LogP contribution in [-0.4, -0.2) is 42.2 Å². The third-order valence-electron chi connectivity index (χ3n) is 5.35. The van der Waals surface area contributed by atoms with Crippen molar-refractivity contribution in [3.8, 4) is 0 Å². The van der Waals surface area contributed by atoms with Crippen molar-refractivity contribution in [1.82, 2.24) is 10.2 Å². The van der Waals surface area contributed by atoms with Gasteiger partial charge in [-0.15, -0.1) is 0 Å². The van der Waals surface area contributed by atoms with E-state index in [0.717, 1.165) is 18.5 Å². The van der Waals surface area contributed by atoms with E-state index in [-0.39, 0.29) is 5.41 Å². The average Bonchev–Trinajstić information content (AvgIpc) is 2.48. The molecule has 0 aromatic heterocycles. The molecule has 130 valence electrons. The van der Waals surface area contributed by atoms with Gasteiger partial charge in [0.25, 0.3) is 0 Å². The maximum absolute atomic E-state index is 10.5. The van der Waals surface area contributed by atoms with E-state index in [1.807, 2.05) is 0 Å². The molecule has 0 spiro atoms. The van der Waals surface area contributed by atoms with Crippen LogP contribution in [0.15, 0.2) is 24.3 Å². The Labute approximate surface area is 142 Å². The summed E-state index contributed by atoms with van der Waals surface area (Å²) in [6.07, 6.45) is 0.707. The summed E-state index contributed by atoms with van der Waals surface area (Å²) in [6.45, 7) is 13.0. The van der Waals surface area contributed by atoms with Crippen molar-refractivity contribution < 1.29 is 5.11 Å². The van der Waals surface area contributed by atoms with Crippen molar-refractivity contribution in [1.29, 1.82) is 0 Å². The van der Waals surface area contributed by atoms with Gasteiger partial charge in [0.05, 0.1) is 6.10 Å². The van der Waals surface area contributed by atoms with Crippen LogP contribution in [-0.2, 0) is 5.41 Å². The van der Waals surface area contributed by atoms with E-state index in [4.69, 9.17) is 0 Å². The van der Waals surface area contributed by atoms with Gasteiger partial charge in [-0.3, -0.25) is 0 Å². The van der Waals surface area contributed by atoms with Gasteiger partial charge in [-0.2, -0.15) is 0 Å². The first-order valence-corrected chi connectivity index (χ1v) is 8.90. The zero-order valence-electron chi connectivity index (χ0n) is 15.6. The lowest BCUT2D eigenvalue weighted by Crippen LogP contribution is -2.51. The van der Waals surface area contributed by atoms with Crippen LogP contribution < -0.4 is 5.32 Å². The Hall–Kier alpha value is -0.900. The number of hydrogen-bond acceptors (Lipinski definition) is 3. The number of likely N-dealkylation sites (tertiary alicyclic amines) is 1. The normalized spacial score (nSPS) is 27.9. The van der Waals surface area contributed by atoms with Crippen molar-refractivity contribution in [2.24, 2.45) is 5.92 Å². The van der Waals surface area contributed by atoms with Gasteiger partial charge < -0.3 is 15.3 Å². The Morgan fingerprint density at radius 3 is 2.39 bits per heavy atom. The SMILES string of the molecule is CC1CN(C)C(C)CC1NCC(O)c1ccc(C(C)(C)C)cc1. The van der Waals surface area contributed by atoms with Gasteiger partial charge in [-0.1, -0.05) is 52.0 Å². The number of rotatable bonds is 4. The summed E-state index contributed by atoms with van der Waals surface area (Å²) in [5.74, 6) is 0.617. The number of aliphatic hydroxyl groups is 1. The summed E-state index contributed by atoms with van der Waals surface area (Å²) < 4.78 is 0. The van der Waals surface area contributed by atoms with Gasteiger partial charge in [0, 0.05) is 25.2 Å². The summed E-state index contributed by atoms with van der Waals surface area (Å²) in [4.78, 5) is 2.42. The standard InChI is InChI=1S/C20H34N2O/c1-14-13-22(6)15(2)11-18(14)21-12-19(23)16-7-9-17(10-8-16)20(3,4)5/h7-10,14-15,18-19,21,23H,11-13H2,1-6H3. The lowest BCUT2D eigenvalue weighted by atomic mass is 9.86. The lowest BCUT2D eigenvalue weighted by Gasteiger charge is -2.40. The fraction of sp³-hybridized carbons (Fsp3) is 0.700. The van der Waals surface area contributed by atoms with E-state index >= 15 is 0 Å². The van der Waals surface area contributed by atoms with Gasteiger partial charge in [0.2, 0.25) is 0 Å². The number of aliphatic hydroxyl groups excluding tert-OH is 1. The van der Waals surface area contributed by atoms with Crippen molar-refractivity contribution in [2.75, 3.05) is 20.1 Å². The molecule has 2 rings (SSSR count). The molecule has 3 nitrogen and oxygen atoms in total. The van der Waals surface area contributed by atoms with E-state index in [1.165, 1.54) is 5.56 Å². The minimum Gasteiger partial charge on any atom is -0.387 e. The van der Waals surface area contributed by atoms with Crippen molar-refractivity contribution >= 4 is 0 Å². The van der Waals surface area contributed by atoms with Crippen LogP contribution in [0.25, 0.3) is 0 Å². The van der Waals surface area contributed by atoms with Crippen molar-refractivity contribution in [3.05, 3.63) is 35.4 Å². The molecule has 4 atom stereocenters. The second-order valence-corrected chi connectivity index (χ2v) is 8.40. The highest BCUT2D eigenvalue weighted by atomic mass is 16.3. The zero-order valence-corrected chi connectivity index (χ0v) is 15.6. The molecule has 1 heterocycles. The Morgan fingerprint density at radius 1 is 1.22 bits per heavy atom. The second-order valence-electron chi connectivity index (χ2n) is 8.40. The molecule has 0 saturated carbocycles. The van der Waals surface area contributed by atoms with Crippen LogP contribution in [0.3, 0.4) is 0 Å². The molecule has 4 unspecified atom stereocenters. The Kier molecular flexibility index (Phi) is 5.88. The molecular formula is C20H34N2O. The second kappa shape index (κ2) is 7.33. The van der Waals surface area contributed by atoms with E-state index in [2.05, 4.69) is 76.1 Å². The molecule has 0 amide bonds. The topological polar surface area (TPSA) is 35.5 Å². The quantitative estimate of drug-likeness (QED) is 0.894. The van der Waals surface area contributed by atoms with Crippen LogP contribution in [0.2, 0.25) is 0 Å². The van der Waals surface area contributed by atoms with Crippen LogP contribution in [0.1, 0.15) is 58.3 Å². The number of hydrogen-bond donors (Lipinski definition) is 2. The van der Waals surface area contributed by atoms with Gasteiger partial charge >= 0.3 is 0 Å². The largest absolute Gasteiger partial charge is 0.387 e. The van der Waals surface area contributed by atoms with Crippen molar-refractivity contribution in [2.45, 2.75) is 64.6 Å². The van der Waals surface area contributed by atoms with Crippen LogP contribution >= 0.6 is 0 Å². The first-order chi connectivity index (χ1) is 10.7. The van der Waals surface area contributed by atoms with Crippen LogP contribution in [0.4, 0.5) is 0 Å². The van der Waals surface area contributed by atoms with E-state index < -0.39 is 6.10 Å². The molecule has 1 fully saturated rings. The molecule has 23 heavy (non-hydrogen) atoms. The fourth-order valence-electron chi connectivity index (χ4n) is 3.41. The predicted molar refractivity (Wildman–Crippen MR) is 97.8 cm³/mol. The van der Waals surface area contributed by atoms with Crippen molar-refractivity contribution in [3.63, 3.8) is 0 Å². The summed E-state index contributed by atoms with van der Waals surface area (Å²) in [7, 11) is 2.20. The molecule has 1 aliphatic heterocycles. The number of nitrogens with zero attached hydrogens (tertiary/aromatic N) is 1. The third kappa shape index (κ3) is 4.79. The van der Waals surface area contributed by atoms with Crippen LogP contribution in [0.5, 0.6) is 0 Å². The average molecular weight is 319 g/mol. The molecule has 3 heteroatoms. The Morgan fingerprint density at radius 2 is 1.83 bits per heavy atom. The molecule has 1 aliphatic rings. The minimum atomic E-state index is -0.439.